The fourth-order valence-corrected chi connectivity index (χ4v) is 4.19. The largest absolute Gasteiger partial charge is 0.319 e. The Bertz CT molecular complexity index is 1090. The van der Waals surface area contributed by atoms with Gasteiger partial charge >= 0.3 is 0 Å². The van der Waals surface area contributed by atoms with Crippen LogP contribution in [0, 0.1) is 5.82 Å². The Labute approximate surface area is 146 Å². The molecule has 4 rings (SSSR count). The van der Waals surface area contributed by atoms with E-state index in [-0.39, 0.29) is 5.69 Å². The van der Waals surface area contributed by atoms with Gasteiger partial charge in [-0.1, -0.05) is 54.1 Å². The molecule has 0 saturated heterocycles. The summed E-state index contributed by atoms with van der Waals surface area (Å²) in [4.78, 5) is 12.9. The van der Waals surface area contributed by atoms with Crippen LogP contribution in [0.4, 0.5) is 10.1 Å². The molecule has 0 atom stereocenters. The summed E-state index contributed by atoms with van der Waals surface area (Å²) >= 11 is 7.80. The van der Waals surface area contributed by atoms with E-state index >= 15 is 0 Å². The number of rotatable bonds is 2. The molecule has 0 unspecified atom stereocenters. The van der Waals surface area contributed by atoms with E-state index in [1.165, 1.54) is 23.5 Å². The van der Waals surface area contributed by atoms with Crippen LogP contribution in [0.5, 0.6) is 0 Å². The molecule has 4 aromatic rings. The number of hydrogen-bond acceptors (Lipinski definition) is 2. The van der Waals surface area contributed by atoms with Crippen molar-refractivity contribution in [1.82, 2.24) is 0 Å². The molecule has 118 valence electrons. The van der Waals surface area contributed by atoms with Crippen LogP contribution in [0.1, 0.15) is 9.67 Å². The van der Waals surface area contributed by atoms with Crippen molar-refractivity contribution < 1.29 is 9.18 Å². The van der Waals surface area contributed by atoms with Crippen LogP contribution < -0.4 is 5.32 Å². The summed E-state index contributed by atoms with van der Waals surface area (Å²) in [6, 6.07) is 17.9. The molecule has 2 nitrogen and oxygen atoms in total. The second kappa shape index (κ2) is 5.89. The summed E-state index contributed by atoms with van der Waals surface area (Å²) < 4.78 is 14.7. The van der Waals surface area contributed by atoms with E-state index in [4.69, 9.17) is 11.6 Å². The van der Waals surface area contributed by atoms with Crippen LogP contribution in [-0.4, -0.2) is 5.91 Å². The van der Waals surface area contributed by atoms with Gasteiger partial charge in [0.25, 0.3) is 5.91 Å². The maximum Gasteiger partial charge on any atom is 0.267 e. The summed E-state index contributed by atoms with van der Waals surface area (Å²) in [5.41, 5.74) is 0.140. The normalized spacial score (nSPS) is 11.1. The number of halogens is 2. The maximum absolute atomic E-state index is 13.7. The molecule has 3 aromatic carbocycles. The molecule has 0 aliphatic heterocycles. The minimum Gasteiger partial charge on any atom is -0.319 e. The number of benzene rings is 3. The average Bonchev–Trinajstić information content (AvgIpc) is 2.94. The quantitative estimate of drug-likeness (QED) is 0.462. The van der Waals surface area contributed by atoms with E-state index in [1.54, 1.807) is 12.1 Å². The molecule has 5 heteroatoms. The average molecular weight is 356 g/mol. The predicted molar refractivity (Wildman–Crippen MR) is 98.7 cm³/mol. The van der Waals surface area contributed by atoms with Gasteiger partial charge in [0.05, 0.1) is 10.7 Å². The molecule has 0 spiro atoms. The highest BCUT2D eigenvalue weighted by molar-refractivity contribution is 7.22. The second-order valence-corrected chi connectivity index (χ2v) is 6.77. The number of carbonyl (C=O) groups excluding carboxylic acids is 1. The summed E-state index contributed by atoms with van der Waals surface area (Å²) in [7, 11) is 0. The lowest BCUT2D eigenvalue weighted by molar-refractivity contribution is 0.103. The van der Waals surface area contributed by atoms with Crippen molar-refractivity contribution in [2.75, 3.05) is 5.32 Å². The van der Waals surface area contributed by atoms with Gasteiger partial charge in [-0.25, -0.2) is 4.39 Å². The van der Waals surface area contributed by atoms with Crippen LogP contribution in [0.3, 0.4) is 0 Å². The molecule has 0 bridgehead atoms. The van der Waals surface area contributed by atoms with E-state index in [1.807, 2.05) is 36.4 Å². The number of carbonyl (C=O) groups is 1. The van der Waals surface area contributed by atoms with Gasteiger partial charge in [-0.15, -0.1) is 11.3 Å². The molecule has 0 radical (unpaired) electrons. The summed E-state index contributed by atoms with van der Waals surface area (Å²) in [5.74, 6) is -0.885. The van der Waals surface area contributed by atoms with Gasteiger partial charge in [-0.05, 0) is 29.0 Å². The van der Waals surface area contributed by atoms with Crippen LogP contribution in [-0.2, 0) is 0 Å². The van der Waals surface area contributed by atoms with E-state index < -0.39 is 11.7 Å². The van der Waals surface area contributed by atoms with Crippen LogP contribution in [0.2, 0.25) is 5.02 Å². The maximum atomic E-state index is 13.7. The first-order valence-corrected chi connectivity index (χ1v) is 8.50. The topological polar surface area (TPSA) is 29.1 Å². The molecule has 0 aliphatic rings. The zero-order chi connectivity index (χ0) is 16.7. The third-order valence-corrected chi connectivity index (χ3v) is 5.49. The number of fused-ring (bicyclic) bond motifs is 3. The van der Waals surface area contributed by atoms with Crippen molar-refractivity contribution >= 4 is 55.4 Å². The van der Waals surface area contributed by atoms with Crippen molar-refractivity contribution in [1.29, 1.82) is 0 Å². The highest BCUT2D eigenvalue weighted by Gasteiger charge is 2.19. The summed E-state index contributed by atoms with van der Waals surface area (Å²) in [5, 5.41) is 5.91. The zero-order valence-electron chi connectivity index (χ0n) is 12.3. The number of para-hydroxylation sites is 1. The Kier molecular flexibility index (Phi) is 3.71. The molecule has 0 saturated carbocycles. The molecule has 0 fully saturated rings. The molecule has 1 heterocycles. The van der Waals surface area contributed by atoms with Crippen molar-refractivity contribution in [3.63, 3.8) is 0 Å². The van der Waals surface area contributed by atoms with E-state index in [0.29, 0.717) is 9.90 Å². The van der Waals surface area contributed by atoms with E-state index in [2.05, 4.69) is 5.32 Å². The number of nitrogens with one attached hydrogen (secondary N) is 1. The molecule has 1 amide bonds. The van der Waals surface area contributed by atoms with Gasteiger partial charge in [-0.2, -0.15) is 0 Å². The highest BCUT2D eigenvalue weighted by Crippen LogP contribution is 2.40. The van der Waals surface area contributed by atoms with Crippen LogP contribution in [0.15, 0.2) is 60.7 Å². The smallest absolute Gasteiger partial charge is 0.267 e. The van der Waals surface area contributed by atoms with Gasteiger partial charge in [-0.3, -0.25) is 4.79 Å². The Morgan fingerprint density at radius 1 is 1.00 bits per heavy atom. The fourth-order valence-electron chi connectivity index (χ4n) is 2.72. The van der Waals surface area contributed by atoms with Crippen LogP contribution in [0.25, 0.3) is 20.9 Å². The first kappa shape index (κ1) is 15.1. The summed E-state index contributed by atoms with van der Waals surface area (Å²) in [6.45, 7) is 0. The third kappa shape index (κ3) is 2.44. The van der Waals surface area contributed by atoms with Crippen molar-refractivity contribution in [2.45, 2.75) is 0 Å². The standard InChI is InChI=1S/C19H11ClFNOS/c20-17-16-12-6-2-1-5-11(12)9-10-15(16)24-18(17)19(23)22-14-8-4-3-7-13(14)21/h1-10H,(H,22,23). The number of hydrogen-bond donors (Lipinski definition) is 1. The van der Waals surface area contributed by atoms with Gasteiger partial charge < -0.3 is 5.32 Å². The molecule has 24 heavy (non-hydrogen) atoms. The Morgan fingerprint density at radius 2 is 1.75 bits per heavy atom. The first-order valence-electron chi connectivity index (χ1n) is 7.31. The minimum atomic E-state index is -0.478. The second-order valence-electron chi connectivity index (χ2n) is 5.34. The Hall–Kier alpha value is -2.43. The van der Waals surface area contributed by atoms with Gasteiger partial charge in [0.2, 0.25) is 0 Å². The van der Waals surface area contributed by atoms with E-state index in [9.17, 15) is 9.18 Å². The molecular weight excluding hydrogens is 345 g/mol. The summed E-state index contributed by atoms with van der Waals surface area (Å²) in [6.07, 6.45) is 0. The lowest BCUT2D eigenvalue weighted by Crippen LogP contribution is -2.11. The Morgan fingerprint density at radius 3 is 2.58 bits per heavy atom. The van der Waals surface area contributed by atoms with Gasteiger partial charge in [0, 0.05) is 10.1 Å². The number of amides is 1. The third-order valence-electron chi connectivity index (χ3n) is 3.85. The minimum absolute atomic E-state index is 0.140. The van der Waals surface area contributed by atoms with Crippen molar-refractivity contribution in [2.24, 2.45) is 0 Å². The predicted octanol–water partition coefficient (Wildman–Crippen LogP) is 6.10. The molecule has 0 aliphatic carbocycles. The number of thiophene rings is 1. The zero-order valence-corrected chi connectivity index (χ0v) is 13.9. The van der Waals surface area contributed by atoms with Crippen molar-refractivity contribution in [3.05, 3.63) is 76.4 Å². The monoisotopic (exact) mass is 355 g/mol. The first-order chi connectivity index (χ1) is 11.6. The fraction of sp³-hybridized carbons (Fsp3) is 0. The molecular formula is C19H11ClFNOS. The Balaban J connectivity index is 1.82. The van der Waals surface area contributed by atoms with Crippen molar-refractivity contribution in [3.8, 4) is 0 Å². The number of anilines is 1. The molecule has 1 N–H and O–H groups in total. The van der Waals surface area contributed by atoms with Gasteiger partial charge in [0.15, 0.2) is 0 Å². The van der Waals surface area contributed by atoms with E-state index in [0.717, 1.165) is 20.9 Å². The van der Waals surface area contributed by atoms with Crippen LogP contribution >= 0.6 is 22.9 Å². The lowest BCUT2D eigenvalue weighted by atomic mass is 10.1. The SMILES string of the molecule is O=C(Nc1ccccc1F)c1sc2ccc3ccccc3c2c1Cl. The lowest BCUT2D eigenvalue weighted by Gasteiger charge is -2.05. The highest BCUT2D eigenvalue weighted by atomic mass is 35.5. The molecule has 1 aromatic heterocycles. The van der Waals surface area contributed by atoms with Gasteiger partial charge in [0.1, 0.15) is 10.7 Å².